The fourth-order valence-corrected chi connectivity index (χ4v) is 4.17. The van der Waals surface area contributed by atoms with Crippen LogP contribution >= 0.6 is 34.5 Å². The third-order valence-electron chi connectivity index (χ3n) is 4.23. The van der Waals surface area contributed by atoms with Crippen LogP contribution in [0.1, 0.15) is 25.6 Å². The van der Waals surface area contributed by atoms with Crippen molar-refractivity contribution in [1.29, 1.82) is 0 Å². The van der Waals surface area contributed by atoms with Gasteiger partial charge in [-0.3, -0.25) is 9.59 Å². The van der Waals surface area contributed by atoms with Crippen molar-refractivity contribution < 1.29 is 19.1 Å². The molecule has 0 saturated heterocycles. The zero-order valence-corrected chi connectivity index (χ0v) is 19.2. The quantitative estimate of drug-likeness (QED) is 0.395. The van der Waals surface area contributed by atoms with Gasteiger partial charge in [-0.2, -0.15) is 0 Å². The van der Waals surface area contributed by atoms with E-state index in [9.17, 15) is 9.59 Å². The van der Waals surface area contributed by atoms with Crippen LogP contribution in [0.2, 0.25) is 10.0 Å². The summed E-state index contributed by atoms with van der Waals surface area (Å²) in [7, 11) is 1.57. The zero-order chi connectivity index (χ0) is 22.4. The number of methoxy groups -OCH3 is 1. The molecule has 1 heterocycles. The number of anilines is 2. The van der Waals surface area contributed by atoms with Crippen LogP contribution in [0.4, 0.5) is 10.7 Å². The van der Waals surface area contributed by atoms with Gasteiger partial charge in [0.1, 0.15) is 6.61 Å². The summed E-state index contributed by atoms with van der Waals surface area (Å²) in [4.78, 5) is 25.8. The molecule has 3 rings (SSSR count). The van der Waals surface area contributed by atoms with Gasteiger partial charge in [0.15, 0.2) is 5.75 Å². The monoisotopic (exact) mass is 478 g/mol. The Bertz CT molecular complexity index is 1100. The number of hydrogen-bond donors (Lipinski definition) is 2. The molecule has 0 atom stereocenters. The number of ether oxygens (including phenoxy) is 2. The predicted octanol–water partition coefficient (Wildman–Crippen LogP) is 5.89. The summed E-state index contributed by atoms with van der Waals surface area (Å²) >= 11 is 13.5. The molecule has 1 aromatic heterocycles. The molecule has 0 radical (unpaired) electrons. The molecular weight excluding hydrogens is 459 g/mol. The van der Waals surface area contributed by atoms with Gasteiger partial charge in [0.2, 0.25) is 0 Å². The number of aryl methyl sites for hydroxylation is 1. The first-order valence-electron chi connectivity index (χ1n) is 9.28. The molecule has 0 spiro atoms. The number of amides is 2. The zero-order valence-electron chi connectivity index (χ0n) is 16.8. The van der Waals surface area contributed by atoms with E-state index < -0.39 is 0 Å². The van der Waals surface area contributed by atoms with Gasteiger partial charge >= 0.3 is 0 Å². The summed E-state index contributed by atoms with van der Waals surface area (Å²) in [5, 5.41) is 6.89. The van der Waals surface area contributed by atoms with Crippen molar-refractivity contribution in [1.82, 2.24) is 0 Å². The van der Waals surface area contributed by atoms with Crippen molar-refractivity contribution in [3.05, 3.63) is 74.6 Å². The van der Waals surface area contributed by atoms with Crippen LogP contribution in [0.25, 0.3) is 0 Å². The molecule has 2 aromatic carbocycles. The van der Waals surface area contributed by atoms with E-state index in [-0.39, 0.29) is 11.8 Å². The summed E-state index contributed by atoms with van der Waals surface area (Å²) < 4.78 is 10.6. The van der Waals surface area contributed by atoms with Crippen LogP contribution in [-0.4, -0.2) is 32.1 Å². The largest absolute Gasteiger partial charge is 0.487 e. The Morgan fingerprint density at radius 3 is 2.45 bits per heavy atom. The van der Waals surface area contributed by atoms with Crippen molar-refractivity contribution in [2.75, 3.05) is 31.0 Å². The second kappa shape index (κ2) is 10.6. The Morgan fingerprint density at radius 1 is 0.968 bits per heavy atom. The van der Waals surface area contributed by atoms with Gasteiger partial charge in [-0.05, 0) is 42.8 Å². The smallest absolute Gasteiger partial charge is 0.266 e. The molecule has 3 aromatic rings. The fourth-order valence-electron chi connectivity index (χ4n) is 2.75. The fraction of sp³-hybridized carbons (Fsp3) is 0.182. The Morgan fingerprint density at radius 2 is 1.71 bits per heavy atom. The minimum Gasteiger partial charge on any atom is -0.487 e. The first kappa shape index (κ1) is 23.1. The van der Waals surface area contributed by atoms with E-state index in [4.69, 9.17) is 32.7 Å². The van der Waals surface area contributed by atoms with Crippen LogP contribution in [0.5, 0.6) is 5.75 Å². The highest BCUT2D eigenvalue weighted by atomic mass is 35.5. The number of nitrogens with one attached hydrogen (secondary N) is 2. The molecule has 0 saturated carbocycles. The van der Waals surface area contributed by atoms with E-state index in [1.54, 1.807) is 62.6 Å². The summed E-state index contributed by atoms with van der Waals surface area (Å²) in [6.07, 6.45) is 0. The lowest BCUT2D eigenvalue weighted by Gasteiger charge is -2.13. The van der Waals surface area contributed by atoms with Gasteiger partial charge in [-0.25, -0.2) is 0 Å². The molecule has 0 aliphatic carbocycles. The standard InChI is InChI=1S/C22H20Cl2N2O4S/c1-13-12-18(26-21(27)14-6-3-4-7-15(14)23)31-20(13)22(28)25-17-9-5-8-16(24)19(17)30-11-10-29-2/h3-9,12H,10-11H2,1-2H3,(H,25,28)(H,26,27). The average molecular weight is 479 g/mol. The van der Waals surface area contributed by atoms with E-state index in [1.807, 2.05) is 0 Å². The normalized spacial score (nSPS) is 10.6. The van der Waals surface area contributed by atoms with Crippen LogP contribution < -0.4 is 15.4 Å². The van der Waals surface area contributed by atoms with Gasteiger partial charge in [-0.1, -0.05) is 41.4 Å². The van der Waals surface area contributed by atoms with Crippen molar-refractivity contribution in [2.45, 2.75) is 6.92 Å². The van der Waals surface area contributed by atoms with Crippen LogP contribution in [0, 0.1) is 6.92 Å². The first-order valence-corrected chi connectivity index (χ1v) is 10.9. The minimum absolute atomic E-state index is 0.291. The first-order chi connectivity index (χ1) is 14.9. The summed E-state index contributed by atoms with van der Waals surface area (Å²) in [5.41, 5.74) is 1.53. The van der Waals surface area contributed by atoms with Gasteiger partial charge < -0.3 is 20.1 Å². The van der Waals surface area contributed by atoms with Gasteiger partial charge in [-0.15, -0.1) is 11.3 Å². The second-order valence-corrected chi connectivity index (χ2v) is 8.34. The topological polar surface area (TPSA) is 76.7 Å². The van der Waals surface area contributed by atoms with Crippen LogP contribution in [0.15, 0.2) is 48.5 Å². The molecule has 0 bridgehead atoms. The number of para-hydroxylation sites is 1. The molecule has 0 fully saturated rings. The van der Waals surface area contributed by atoms with E-state index in [1.165, 1.54) is 11.3 Å². The average Bonchev–Trinajstić information content (AvgIpc) is 3.10. The van der Waals surface area contributed by atoms with E-state index in [2.05, 4.69) is 10.6 Å². The lowest BCUT2D eigenvalue weighted by molar-refractivity contribution is 0.101. The number of thiophene rings is 1. The number of carbonyl (C=O) groups excluding carboxylic acids is 2. The highest BCUT2D eigenvalue weighted by Gasteiger charge is 2.19. The van der Waals surface area contributed by atoms with Crippen molar-refractivity contribution in [3.63, 3.8) is 0 Å². The molecule has 6 nitrogen and oxygen atoms in total. The summed E-state index contributed by atoms with van der Waals surface area (Å²) in [6.45, 7) is 2.47. The van der Waals surface area contributed by atoms with Gasteiger partial charge in [0.25, 0.3) is 11.8 Å². The number of benzene rings is 2. The number of hydrogen-bond acceptors (Lipinski definition) is 5. The molecule has 2 N–H and O–H groups in total. The molecular formula is C22H20Cl2N2O4S. The van der Waals surface area contributed by atoms with Crippen molar-refractivity contribution in [2.24, 2.45) is 0 Å². The van der Waals surface area contributed by atoms with Crippen molar-refractivity contribution in [3.8, 4) is 5.75 Å². The maximum Gasteiger partial charge on any atom is 0.266 e. The molecule has 31 heavy (non-hydrogen) atoms. The molecule has 0 aliphatic heterocycles. The van der Waals surface area contributed by atoms with Gasteiger partial charge in [0.05, 0.1) is 37.8 Å². The summed E-state index contributed by atoms with van der Waals surface area (Å²) in [6, 6.07) is 13.6. The van der Waals surface area contributed by atoms with E-state index in [0.717, 1.165) is 5.56 Å². The Kier molecular flexibility index (Phi) is 7.92. The summed E-state index contributed by atoms with van der Waals surface area (Å²) in [5.74, 6) is -0.307. The van der Waals surface area contributed by atoms with Crippen LogP contribution in [0.3, 0.4) is 0 Å². The van der Waals surface area contributed by atoms with Gasteiger partial charge in [0, 0.05) is 7.11 Å². The Hall–Kier alpha value is -2.58. The molecule has 0 aliphatic rings. The lowest BCUT2D eigenvalue weighted by Crippen LogP contribution is -2.14. The highest BCUT2D eigenvalue weighted by Crippen LogP contribution is 2.34. The predicted molar refractivity (Wildman–Crippen MR) is 125 cm³/mol. The number of carbonyl (C=O) groups is 2. The highest BCUT2D eigenvalue weighted by molar-refractivity contribution is 7.18. The van der Waals surface area contributed by atoms with Crippen molar-refractivity contribution >= 4 is 57.0 Å². The molecule has 0 unspecified atom stereocenters. The molecule has 2 amide bonds. The lowest BCUT2D eigenvalue weighted by atomic mass is 10.2. The Balaban J connectivity index is 1.75. The van der Waals surface area contributed by atoms with Crippen LogP contribution in [-0.2, 0) is 4.74 Å². The number of rotatable bonds is 8. The third-order valence-corrected chi connectivity index (χ3v) is 6.01. The maximum absolute atomic E-state index is 12.9. The maximum atomic E-state index is 12.9. The number of halogens is 2. The molecule has 9 heteroatoms. The Labute approximate surface area is 194 Å². The third kappa shape index (κ3) is 5.77. The SMILES string of the molecule is COCCOc1c(Cl)cccc1NC(=O)c1sc(NC(=O)c2ccccc2Cl)cc1C. The van der Waals surface area contributed by atoms with E-state index in [0.29, 0.717) is 50.1 Å². The second-order valence-electron chi connectivity index (χ2n) is 6.47. The minimum atomic E-state index is -0.345. The molecule has 162 valence electrons. The van der Waals surface area contributed by atoms with E-state index >= 15 is 0 Å².